The molecular weight excluding hydrogens is 298 g/mol. The summed E-state index contributed by atoms with van der Waals surface area (Å²) >= 11 is 0. The van der Waals surface area contributed by atoms with Gasteiger partial charge >= 0.3 is 0 Å². The molecule has 118 valence electrons. The van der Waals surface area contributed by atoms with Gasteiger partial charge in [-0.3, -0.25) is 9.88 Å². The third-order valence-corrected chi connectivity index (χ3v) is 3.50. The summed E-state index contributed by atoms with van der Waals surface area (Å²) in [6, 6.07) is 9.18. The van der Waals surface area contributed by atoms with Crippen LogP contribution in [0.2, 0.25) is 0 Å². The number of hydrogen-bond acceptors (Lipinski definition) is 3. The van der Waals surface area contributed by atoms with E-state index in [1.54, 1.807) is 18.7 Å². The van der Waals surface area contributed by atoms with E-state index in [1.807, 2.05) is 25.2 Å². The summed E-state index contributed by atoms with van der Waals surface area (Å²) in [5.41, 5.74) is 1.92. The van der Waals surface area contributed by atoms with Crippen LogP contribution in [0.5, 0.6) is 0 Å². The lowest BCUT2D eigenvalue weighted by atomic mass is 10.1. The SMILES string of the molecule is CN(Cc1cncc(-c2ccc(F)cc2F)c1)Cc1ccco1. The highest BCUT2D eigenvalue weighted by molar-refractivity contribution is 5.63. The van der Waals surface area contributed by atoms with Crippen LogP contribution in [0, 0.1) is 11.6 Å². The first-order chi connectivity index (χ1) is 11.1. The fourth-order valence-corrected chi connectivity index (χ4v) is 2.48. The largest absolute Gasteiger partial charge is 0.468 e. The van der Waals surface area contributed by atoms with Crippen LogP contribution in [0.1, 0.15) is 11.3 Å². The van der Waals surface area contributed by atoms with Gasteiger partial charge in [-0.1, -0.05) is 0 Å². The second-order valence-electron chi connectivity index (χ2n) is 5.46. The summed E-state index contributed by atoms with van der Waals surface area (Å²) < 4.78 is 32.2. The van der Waals surface area contributed by atoms with Gasteiger partial charge in [-0.15, -0.1) is 0 Å². The highest BCUT2D eigenvalue weighted by Crippen LogP contribution is 2.24. The maximum Gasteiger partial charge on any atom is 0.133 e. The average Bonchev–Trinajstić information content (AvgIpc) is 3.00. The number of furan rings is 1. The van der Waals surface area contributed by atoms with E-state index in [-0.39, 0.29) is 0 Å². The summed E-state index contributed by atoms with van der Waals surface area (Å²) in [6.45, 7) is 1.31. The molecule has 1 aromatic carbocycles. The van der Waals surface area contributed by atoms with Gasteiger partial charge in [0.05, 0.1) is 12.8 Å². The summed E-state index contributed by atoms with van der Waals surface area (Å²) in [7, 11) is 1.97. The Hall–Kier alpha value is -2.53. The Balaban J connectivity index is 1.77. The Bertz CT molecular complexity index is 787. The van der Waals surface area contributed by atoms with Gasteiger partial charge < -0.3 is 4.42 Å². The van der Waals surface area contributed by atoms with E-state index in [2.05, 4.69) is 9.88 Å². The predicted octanol–water partition coefficient (Wildman–Crippen LogP) is 4.25. The molecule has 0 unspecified atom stereocenters. The maximum atomic E-state index is 13.9. The van der Waals surface area contributed by atoms with Gasteiger partial charge in [0.2, 0.25) is 0 Å². The third kappa shape index (κ3) is 3.81. The summed E-state index contributed by atoms with van der Waals surface area (Å²) in [4.78, 5) is 6.23. The van der Waals surface area contributed by atoms with Crippen molar-refractivity contribution in [3.63, 3.8) is 0 Å². The van der Waals surface area contributed by atoms with Crippen LogP contribution in [-0.4, -0.2) is 16.9 Å². The molecular formula is C18H16F2N2O. The zero-order chi connectivity index (χ0) is 16.2. The van der Waals surface area contributed by atoms with Crippen molar-refractivity contribution < 1.29 is 13.2 Å². The fourth-order valence-electron chi connectivity index (χ4n) is 2.48. The van der Waals surface area contributed by atoms with E-state index in [0.717, 1.165) is 17.4 Å². The first-order valence-corrected chi connectivity index (χ1v) is 7.22. The van der Waals surface area contributed by atoms with Crippen molar-refractivity contribution in [1.29, 1.82) is 0 Å². The monoisotopic (exact) mass is 314 g/mol. The van der Waals surface area contributed by atoms with E-state index in [4.69, 9.17) is 4.42 Å². The predicted molar refractivity (Wildman–Crippen MR) is 83.5 cm³/mol. The molecule has 0 atom stereocenters. The molecule has 3 rings (SSSR count). The normalized spacial score (nSPS) is 11.1. The van der Waals surface area contributed by atoms with Crippen LogP contribution in [0.4, 0.5) is 8.78 Å². The molecule has 0 spiro atoms. The van der Waals surface area contributed by atoms with Crippen molar-refractivity contribution in [3.05, 3.63) is 78.0 Å². The van der Waals surface area contributed by atoms with Gasteiger partial charge in [-0.25, -0.2) is 8.78 Å². The van der Waals surface area contributed by atoms with E-state index in [0.29, 0.717) is 24.2 Å². The molecule has 0 aliphatic carbocycles. The summed E-state index contributed by atoms with van der Waals surface area (Å²) in [5.74, 6) is -0.303. The van der Waals surface area contributed by atoms with E-state index >= 15 is 0 Å². The Morgan fingerprint density at radius 3 is 2.70 bits per heavy atom. The van der Waals surface area contributed by atoms with Crippen molar-refractivity contribution in [3.8, 4) is 11.1 Å². The molecule has 0 fully saturated rings. The van der Waals surface area contributed by atoms with Gasteiger partial charge in [0.25, 0.3) is 0 Å². The molecule has 0 amide bonds. The maximum absolute atomic E-state index is 13.9. The number of hydrogen-bond donors (Lipinski definition) is 0. The van der Waals surface area contributed by atoms with Crippen molar-refractivity contribution in [2.75, 3.05) is 7.05 Å². The van der Waals surface area contributed by atoms with Gasteiger partial charge in [-0.05, 0) is 42.9 Å². The second kappa shape index (κ2) is 6.71. The molecule has 2 aromatic heterocycles. The number of nitrogens with zero attached hydrogens (tertiary/aromatic N) is 2. The van der Waals surface area contributed by atoms with Gasteiger partial charge in [0.15, 0.2) is 0 Å². The highest BCUT2D eigenvalue weighted by atomic mass is 19.1. The highest BCUT2D eigenvalue weighted by Gasteiger charge is 2.09. The topological polar surface area (TPSA) is 29.3 Å². The van der Waals surface area contributed by atoms with Crippen molar-refractivity contribution in [2.45, 2.75) is 13.1 Å². The zero-order valence-electron chi connectivity index (χ0n) is 12.7. The molecule has 0 radical (unpaired) electrons. The molecule has 0 N–H and O–H groups in total. The average molecular weight is 314 g/mol. The van der Waals surface area contributed by atoms with Gasteiger partial charge in [-0.2, -0.15) is 0 Å². The summed E-state index contributed by atoms with van der Waals surface area (Å²) in [6.07, 6.45) is 4.96. The smallest absolute Gasteiger partial charge is 0.133 e. The van der Waals surface area contributed by atoms with E-state index < -0.39 is 11.6 Å². The second-order valence-corrected chi connectivity index (χ2v) is 5.46. The molecule has 3 nitrogen and oxygen atoms in total. The van der Waals surface area contributed by atoms with Gasteiger partial charge in [0.1, 0.15) is 17.4 Å². The molecule has 3 aromatic rings. The minimum Gasteiger partial charge on any atom is -0.468 e. The molecule has 0 bridgehead atoms. The Kier molecular flexibility index (Phi) is 4.48. The Morgan fingerprint density at radius 1 is 1.09 bits per heavy atom. The van der Waals surface area contributed by atoms with Crippen molar-refractivity contribution >= 4 is 0 Å². The first-order valence-electron chi connectivity index (χ1n) is 7.22. The lowest BCUT2D eigenvalue weighted by molar-refractivity contribution is 0.287. The molecule has 5 heteroatoms. The molecule has 0 saturated carbocycles. The molecule has 0 aliphatic heterocycles. The molecule has 2 heterocycles. The van der Waals surface area contributed by atoms with Gasteiger partial charge in [0, 0.05) is 36.1 Å². The minimum absolute atomic E-state index is 0.342. The van der Waals surface area contributed by atoms with Crippen LogP contribution in [0.3, 0.4) is 0 Å². The molecule has 0 saturated heterocycles. The molecule has 23 heavy (non-hydrogen) atoms. The number of aromatic nitrogens is 1. The van der Waals surface area contributed by atoms with Crippen LogP contribution in [0.15, 0.2) is 59.5 Å². The third-order valence-electron chi connectivity index (χ3n) is 3.50. The van der Waals surface area contributed by atoms with Crippen LogP contribution in [0.25, 0.3) is 11.1 Å². The zero-order valence-corrected chi connectivity index (χ0v) is 12.7. The fraction of sp³-hybridized carbons (Fsp3) is 0.167. The number of pyridine rings is 1. The van der Waals surface area contributed by atoms with Crippen LogP contribution >= 0.6 is 0 Å². The number of rotatable bonds is 5. The number of halogens is 2. The Morgan fingerprint density at radius 2 is 1.96 bits per heavy atom. The minimum atomic E-state index is -0.590. The quantitative estimate of drug-likeness (QED) is 0.705. The van der Waals surface area contributed by atoms with Crippen molar-refractivity contribution in [1.82, 2.24) is 9.88 Å². The Labute approximate surface area is 133 Å². The summed E-state index contributed by atoms with van der Waals surface area (Å²) in [5, 5.41) is 0. The lowest BCUT2D eigenvalue weighted by Crippen LogP contribution is -2.17. The molecule has 0 aliphatic rings. The van der Waals surface area contributed by atoms with E-state index in [1.165, 1.54) is 12.1 Å². The standard InChI is InChI=1S/C18H16F2N2O/c1-22(12-16-3-2-6-23-16)11-13-7-14(10-21-9-13)17-5-4-15(19)8-18(17)20/h2-10H,11-12H2,1H3. The first kappa shape index (κ1) is 15.4. The van der Waals surface area contributed by atoms with Crippen LogP contribution < -0.4 is 0 Å². The van der Waals surface area contributed by atoms with Crippen molar-refractivity contribution in [2.24, 2.45) is 0 Å². The number of benzene rings is 1. The lowest BCUT2D eigenvalue weighted by Gasteiger charge is -2.15. The van der Waals surface area contributed by atoms with E-state index in [9.17, 15) is 8.78 Å². The van der Waals surface area contributed by atoms with Crippen LogP contribution in [-0.2, 0) is 13.1 Å².